The van der Waals surface area contributed by atoms with Crippen molar-refractivity contribution in [2.75, 3.05) is 12.5 Å². The molecule has 0 aliphatic heterocycles. The van der Waals surface area contributed by atoms with Gasteiger partial charge in [-0.2, -0.15) is 23.5 Å². The minimum absolute atomic E-state index is 0.131. The Kier molecular flexibility index (Phi) is 8.57. The molecule has 0 heterocycles. The fraction of sp³-hybridized carbons (Fsp3) is 0.500. The van der Waals surface area contributed by atoms with Crippen LogP contribution in [0.25, 0.3) is 0 Å². The lowest BCUT2D eigenvalue weighted by atomic mass is 10.3. The van der Waals surface area contributed by atoms with E-state index in [-0.39, 0.29) is 6.10 Å². The maximum Gasteiger partial charge on any atom is 0.184 e. The Labute approximate surface area is 143 Å². The zero-order valence-electron chi connectivity index (χ0n) is 13.6. The molecule has 1 nitrogen and oxygen atoms in total. The number of rotatable bonds is 9. The van der Waals surface area contributed by atoms with E-state index >= 15 is 0 Å². The van der Waals surface area contributed by atoms with Crippen LogP contribution < -0.4 is 0 Å². The van der Waals surface area contributed by atoms with E-state index in [2.05, 4.69) is 63.0 Å². The van der Waals surface area contributed by atoms with Crippen LogP contribution in [0.1, 0.15) is 6.42 Å². The highest BCUT2D eigenvalue weighted by Crippen LogP contribution is 2.35. The van der Waals surface area contributed by atoms with Gasteiger partial charge in [-0.3, -0.25) is 0 Å². The van der Waals surface area contributed by atoms with Crippen molar-refractivity contribution in [3.8, 4) is 0 Å². The number of hydrogen-bond acceptors (Lipinski definition) is 4. The van der Waals surface area contributed by atoms with Gasteiger partial charge in [0.05, 0.1) is 10.7 Å². The molecule has 1 aromatic carbocycles. The van der Waals surface area contributed by atoms with Crippen LogP contribution in [-0.4, -0.2) is 31.5 Å². The summed E-state index contributed by atoms with van der Waals surface area (Å²) in [6.45, 7) is 11.0. The van der Waals surface area contributed by atoms with Crippen LogP contribution in [0, 0.1) is 0 Å². The molecule has 0 radical (unpaired) electrons. The first-order valence-corrected chi connectivity index (χ1v) is 13.8. The predicted octanol–water partition coefficient (Wildman–Crippen LogP) is 5.95. The summed E-state index contributed by atoms with van der Waals surface area (Å²) >= 11 is 5.53. The summed E-state index contributed by atoms with van der Waals surface area (Å²) in [6.07, 6.45) is 5.48. The molecule has 0 fully saturated rings. The zero-order valence-corrected chi connectivity index (χ0v) is 17.0. The number of thioether (sulfide) groups is 3. The fourth-order valence-electron chi connectivity index (χ4n) is 1.84. The lowest BCUT2D eigenvalue weighted by Gasteiger charge is -2.29. The van der Waals surface area contributed by atoms with E-state index in [9.17, 15) is 0 Å². The van der Waals surface area contributed by atoms with Crippen molar-refractivity contribution in [3.05, 3.63) is 41.8 Å². The van der Waals surface area contributed by atoms with Crippen LogP contribution in [0.3, 0.4) is 0 Å². The third kappa shape index (κ3) is 7.84. The Morgan fingerprint density at radius 3 is 2.19 bits per heavy atom. The summed E-state index contributed by atoms with van der Waals surface area (Å²) < 4.78 is 6.95. The molecule has 118 valence electrons. The van der Waals surface area contributed by atoms with Crippen molar-refractivity contribution in [2.24, 2.45) is 0 Å². The van der Waals surface area contributed by atoms with Crippen molar-refractivity contribution >= 4 is 43.6 Å². The molecule has 0 saturated heterocycles. The van der Waals surface area contributed by atoms with Crippen LogP contribution in [-0.2, 0) is 4.43 Å². The molecule has 21 heavy (non-hydrogen) atoms. The highest BCUT2D eigenvalue weighted by Gasteiger charge is 2.26. The maximum atomic E-state index is 6.40. The highest BCUT2D eigenvalue weighted by molar-refractivity contribution is 8.16. The van der Waals surface area contributed by atoms with Crippen LogP contribution in [0.2, 0.25) is 19.6 Å². The smallest absolute Gasteiger partial charge is 0.184 e. The second kappa shape index (κ2) is 9.35. The second-order valence-corrected chi connectivity index (χ2v) is 13.8. The molecule has 0 aliphatic carbocycles. The normalized spacial score (nSPS) is 13.4. The lowest BCUT2D eigenvalue weighted by molar-refractivity contribution is 0.234. The van der Waals surface area contributed by atoms with Gasteiger partial charge in [0.2, 0.25) is 0 Å². The van der Waals surface area contributed by atoms with Crippen molar-refractivity contribution in [1.29, 1.82) is 0 Å². The van der Waals surface area contributed by atoms with Crippen LogP contribution in [0.5, 0.6) is 0 Å². The average molecular weight is 359 g/mol. The van der Waals surface area contributed by atoms with E-state index in [0.29, 0.717) is 4.58 Å². The van der Waals surface area contributed by atoms with Gasteiger partial charge in [-0.25, -0.2) is 0 Å². The predicted molar refractivity (Wildman–Crippen MR) is 105 cm³/mol. The maximum absolute atomic E-state index is 6.40. The van der Waals surface area contributed by atoms with Gasteiger partial charge >= 0.3 is 0 Å². The topological polar surface area (TPSA) is 9.23 Å². The molecule has 1 atom stereocenters. The summed E-state index contributed by atoms with van der Waals surface area (Å²) in [5.74, 6) is 0. The minimum atomic E-state index is -1.59. The van der Waals surface area contributed by atoms with Crippen LogP contribution >= 0.6 is 35.3 Å². The number of hydrogen-bond donors (Lipinski definition) is 0. The summed E-state index contributed by atoms with van der Waals surface area (Å²) in [4.78, 5) is 2.35. The van der Waals surface area contributed by atoms with Gasteiger partial charge in [-0.05, 0) is 50.7 Å². The van der Waals surface area contributed by atoms with Gasteiger partial charge in [0.25, 0.3) is 0 Å². The van der Waals surface area contributed by atoms with Crippen molar-refractivity contribution in [3.63, 3.8) is 0 Å². The average Bonchev–Trinajstić information content (AvgIpc) is 2.43. The Morgan fingerprint density at radius 1 is 1.14 bits per heavy atom. The molecular formula is C16H26OS3Si. The van der Waals surface area contributed by atoms with E-state index in [1.165, 1.54) is 4.90 Å². The van der Waals surface area contributed by atoms with Crippen LogP contribution in [0.15, 0.2) is 46.7 Å². The second-order valence-electron chi connectivity index (χ2n) is 5.74. The Balaban J connectivity index is 2.77. The van der Waals surface area contributed by atoms with Gasteiger partial charge < -0.3 is 4.43 Å². The van der Waals surface area contributed by atoms with Crippen molar-refractivity contribution < 1.29 is 4.43 Å². The first kappa shape index (κ1) is 19.2. The first-order valence-electron chi connectivity index (χ1n) is 7.01. The van der Waals surface area contributed by atoms with Crippen molar-refractivity contribution in [2.45, 2.75) is 41.6 Å². The van der Waals surface area contributed by atoms with Gasteiger partial charge in [-0.15, -0.1) is 0 Å². The standard InChI is InChI=1S/C16H26OS3Si/c1-13(20-14-10-8-7-9-11-14)15(17-21(4,5)6)12-16(18-2)19-3/h7-11,15-16H,1,12H2,2-6H3. The fourth-order valence-corrected chi connectivity index (χ4v) is 5.39. The molecule has 0 amide bonds. The largest absolute Gasteiger partial charge is 0.410 e. The highest BCUT2D eigenvalue weighted by atomic mass is 32.2. The summed E-state index contributed by atoms with van der Waals surface area (Å²) in [6, 6.07) is 10.4. The van der Waals surface area contributed by atoms with E-state index in [1.807, 2.05) is 29.6 Å². The third-order valence-electron chi connectivity index (χ3n) is 2.78. The summed E-state index contributed by atoms with van der Waals surface area (Å²) in [5, 5.41) is 0. The monoisotopic (exact) mass is 358 g/mol. The molecule has 0 bridgehead atoms. The Hall–Kier alpha value is 0.187. The SMILES string of the molecule is C=C(Sc1ccccc1)C(CC(SC)SC)O[Si](C)(C)C. The first-order chi connectivity index (χ1) is 9.85. The molecule has 0 spiro atoms. The molecule has 1 rings (SSSR count). The molecule has 0 saturated carbocycles. The van der Waals surface area contributed by atoms with Gasteiger partial charge in [0.15, 0.2) is 8.32 Å². The van der Waals surface area contributed by atoms with E-state index in [0.717, 1.165) is 11.3 Å². The summed E-state index contributed by atoms with van der Waals surface area (Å²) in [7, 11) is -1.59. The van der Waals surface area contributed by atoms with E-state index in [1.54, 1.807) is 11.8 Å². The Morgan fingerprint density at radius 2 is 1.71 bits per heavy atom. The minimum Gasteiger partial charge on any atom is -0.410 e. The van der Waals surface area contributed by atoms with E-state index < -0.39 is 8.32 Å². The molecule has 0 aliphatic rings. The molecule has 5 heteroatoms. The Bertz CT molecular complexity index is 427. The van der Waals surface area contributed by atoms with Crippen LogP contribution in [0.4, 0.5) is 0 Å². The molecule has 0 aromatic heterocycles. The van der Waals surface area contributed by atoms with Gasteiger partial charge in [0, 0.05) is 9.80 Å². The zero-order chi connectivity index (χ0) is 15.9. The lowest BCUT2D eigenvalue weighted by Crippen LogP contribution is -2.33. The number of benzene rings is 1. The van der Waals surface area contributed by atoms with Crippen molar-refractivity contribution in [1.82, 2.24) is 0 Å². The molecular weight excluding hydrogens is 332 g/mol. The quantitative estimate of drug-likeness (QED) is 0.306. The molecule has 1 aromatic rings. The summed E-state index contributed by atoms with van der Waals surface area (Å²) in [5.41, 5.74) is 0. The van der Waals surface area contributed by atoms with Gasteiger partial charge in [-0.1, -0.05) is 36.5 Å². The van der Waals surface area contributed by atoms with E-state index in [4.69, 9.17) is 4.43 Å². The molecule has 0 N–H and O–H groups in total. The third-order valence-corrected chi connectivity index (χ3v) is 7.40. The molecule has 1 unspecified atom stereocenters. The van der Waals surface area contributed by atoms with Gasteiger partial charge in [0.1, 0.15) is 0 Å².